The maximum Gasteiger partial charge on any atom is 0.137 e. The molecule has 1 aromatic heterocycles. The van der Waals surface area contributed by atoms with Crippen LogP contribution in [0.3, 0.4) is 0 Å². The monoisotopic (exact) mass is 153 g/mol. The van der Waals surface area contributed by atoms with E-state index in [1.807, 2.05) is 6.92 Å². The molecule has 4 heteroatoms. The number of hydrogen-bond acceptors (Lipinski definition) is 3. The first-order valence-corrected chi connectivity index (χ1v) is 3.66. The Bertz CT molecular complexity index is 207. The molecule has 60 valence electrons. The van der Waals surface area contributed by atoms with Crippen LogP contribution in [0.4, 0.5) is 0 Å². The van der Waals surface area contributed by atoms with Gasteiger partial charge in [-0.05, 0) is 6.42 Å². The van der Waals surface area contributed by atoms with E-state index in [1.54, 1.807) is 11.0 Å². The predicted molar refractivity (Wildman–Crippen MR) is 40.0 cm³/mol. The lowest BCUT2D eigenvalue weighted by Gasteiger charge is -2.09. The molecule has 0 aromatic carbocycles. The summed E-state index contributed by atoms with van der Waals surface area (Å²) in [4.78, 5) is 14.0. The zero-order chi connectivity index (χ0) is 8.10. The molecular weight excluding hydrogens is 142 g/mol. The first-order chi connectivity index (χ1) is 5.38. The molecule has 0 aliphatic rings. The van der Waals surface area contributed by atoms with Gasteiger partial charge in [0.25, 0.3) is 0 Å². The van der Waals surface area contributed by atoms with Crippen LogP contribution in [0.1, 0.15) is 25.8 Å². The number of rotatable bonds is 4. The highest BCUT2D eigenvalue weighted by molar-refractivity contribution is 5.49. The second kappa shape index (κ2) is 3.85. The summed E-state index contributed by atoms with van der Waals surface area (Å²) in [5, 5.41) is 3.95. The largest absolute Gasteiger partial charge is 0.303 e. The highest BCUT2D eigenvalue weighted by Gasteiger charge is 2.06. The van der Waals surface area contributed by atoms with E-state index in [0.29, 0.717) is 6.42 Å². The summed E-state index contributed by atoms with van der Waals surface area (Å²) in [6.45, 7) is 2.02. The van der Waals surface area contributed by atoms with Gasteiger partial charge in [-0.2, -0.15) is 5.10 Å². The van der Waals surface area contributed by atoms with Crippen molar-refractivity contribution in [2.24, 2.45) is 0 Å². The van der Waals surface area contributed by atoms with Crippen molar-refractivity contribution in [1.82, 2.24) is 14.8 Å². The maximum absolute atomic E-state index is 10.2. The summed E-state index contributed by atoms with van der Waals surface area (Å²) in [5.41, 5.74) is 0. The number of carbonyl (C=O) groups is 1. The molecule has 0 N–H and O–H groups in total. The lowest BCUT2D eigenvalue weighted by molar-refractivity contribution is -0.108. The third kappa shape index (κ3) is 1.86. The van der Waals surface area contributed by atoms with Gasteiger partial charge in [0.2, 0.25) is 0 Å². The minimum Gasteiger partial charge on any atom is -0.303 e. The summed E-state index contributed by atoms with van der Waals surface area (Å²) in [5.74, 6) is 0. The van der Waals surface area contributed by atoms with Crippen LogP contribution in [-0.2, 0) is 4.79 Å². The lowest BCUT2D eigenvalue weighted by Crippen LogP contribution is -2.08. The van der Waals surface area contributed by atoms with Gasteiger partial charge in [0.1, 0.15) is 18.9 Å². The Hall–Kier alpha value is -1.19. The molecule has 1 heterocycles. The van der Waals surface area contributed by atoms with Crippen LogP contribution in [0.15, 0.2) is 12.7 Å². The van der Waals surface area contributed by atoms with Crippen molar-refractivity contribution in [3.63, 3.8) is 0 Å². The average molecular weight is 153 g/mol. The first-order valence-electron chi connectivity index (χ1n) is 3.66. The van der Waals surface area contributed by atoms with E-state index in [9.17, 15) is 4.79 Å². The van der Waals surface area contributed by atoms with Gasteiger partial charge in [-0.25, -0.2) is 9.67 Å². The number of aldehydes is 1. The fraction of sp³-hybridized carbons (Fsp3) is 0.571. The smallest absolute Gasteiger partial charge is 0.137 e. The maximum atomic E-state index is 10.2. The van der Waals surface area contributed by atoms with Crippen molar-refractivity contribution < 1.29 is 4.79 Å². The Kier molecular flexibility index (Phi) is 2.77. The third-order valence-corrected chi connectivity index (χ3v) is 1.65. The molecule has 1 atom stereocenters. The molecule has 0 fully saturated rings. The Balaban J connectivity index is 2.62. The molecule has 0 spiro atoms. The van der Waals surface area contributed by atoms with Gasteiger partial charge in [0.05, 0.1) is 6.04 Å². The van der Waals surface area contributed by atoms with E-state index >= 15 is 0 Å². The molecule has 1 rings (SSSR count). The standard InChI is InChI=1S/C7H11N3O/c1-2-7(3-4-11)10-6-8-5-9-10/h4-7H,2-3H2,1H3. The second-order valence-electron chi connectivity index (χ2n) is 2.34. The van der Waals surface area contributed by atoms with E-state index in [-0.39, 0.29) is 6.04 Å². The van der Waals surface area contributed by atoms with Crippen molar-refractivity contribution >= 4 is 6.29 Å². The zero-order valence-electron chi connectivity index (χ0n) is 6.47. The fourth-order valence-corrected chi connectivity index (χ4v) is 0.979. The van der Waals surface area contributed by atoms with Crippen LogP contribution < -0.4 is 0 Å². The third-order valence-electron chi connectivity index (χ3n) is 1.65. The molecular formula is C7H11N3O. The molecule has 0 radical (unpaired) electrons. The van der Waals surface area contributed by atoms with Gasteiger partial charge in [0, 0.05) is 6.42 Å². The Morgan fingerprint density at radius 1 is 1.73 bits per heavy atom. The van der Waals surface area contributed by atoms with E-state index in [0.717, 1.165) is 12.7 Å². The van der Waals surface area contributed by atoms with Gasteiger partial charge in [-0.15, -0.1) is 0 Å². The molecule has 0 aliphatic heterocycles. The summed E-state index contributed by atoms with van der Waals surface area (Å²) < 4.78 is 1.72. The van der Waals surface area contributed by atoms with Crippen LogP contribution in [0.5, 0.6) is 0 Å². The molecule has 1 aromatic rings. The zero-order valence-corrected chi connectivity index (χ0v) is 6.47. The van der Waals surface area contributed by atoms with Gasteiger partial charge >= 0.3 is 0 Å². The Morgan fingerprint density at radius 2 is 2.55 bits per heavy atom. The number of carbonyl (C=O) groups excluding carboxylic acids is 1. The van der Waals surface area contributed by atoms with Crippen molar-refractivity contribution in [3.8, 4) is 0 Å². The fourth-order valence-electron chi connectivity index (χ4n) is 0.979. The Labute approximate surface area is 65.2 Å². The van der Waals surface area contributed by atoms with E-state index in [2.05, 4.69) is 10.1 Å². The topological polar surface area (TPSA) is 47.8 Å². The van der Waals surface area contributed by atoms with Crippen LogP contribution >= 0.6 is 0 Å². The molecule has 0 aliphatic carbocycles. The van der Waals surface area contributed by atoms with E-state index in [4.69, 9.17) is 0 Å². The second-order valence-corrected chi connectivity index (χ2v) is 2.34. The average Bonchev–Trinajstić information content (AvgIpc) is 2.52. The van der Waals surface area contributed by atoms with Crippen LogP contribution in [0, 0.1) is 0 Å². The first kappa shape index (κ1) is 7.91. The van der Waals surface area contributed by atoms with Gasteiger partial charge < -0.3 is 4.79 Å². The summed E-state index contributed by atoms with van der Waals surface area (Å²) in [7, 11) is 0. The SMILES string of the molecule is CCC(CC=O)n1cncn1. The van der Waals surface area contributed by atoms with Gasteiger partial charge in [-0.1, -0.05) is 6.92 Å². The van der Waals surface area contributed by atoms with Crippen LogP contribution in [0.25, 0.3) is 0 Å². The number of nitrogens with zero attached hydrogens (tertiary/aromatic N) is 3. The predicted octanol–water partition coefficient (Wildman–Crippen LogP) is 0.818. The summed E-state index contributed by atoms with van der Waals surface area (Å²) in [6.07, 6.45) is 5.45. The van der Waals surface area contributed by atoms with Crippen molar-refractivity contribution in [1.29, 1.82) is 0 Å². The minimum absolute atomic E-state index is 0.176. The minimum atomic E-state index is 0.176. The van der Waals surface area contributed by atoms with Crippen molar-refractivity contribution in [3.05, 3.63) is 12.7 Å². The molecule has 11 heavy (non-hydrogen) atoms. The molecule has 0 bridgehead atoms. The molecule has 4 nitrogen and oxygen atoms in total. The normalized spacial score (nSPS) is 12.8. The molecule has 1 unspecified atom stereocenters. The number of aromatic nitrogens is 3. The van der Waals surface area contributed by atoms with E-state index in [1.165, 1.54) is 6.33 Å². The van der Waals surface area contributed by atoms with Crippen molar-refractivity contribution in [2.75, 3.05) is 0 Å². The number of hydrogen-bond donors (Lipinski definition) is 0. The Morgan fingerprint density at radius 3 is 3.00 bits per heavy atom. The van der Waals surface area contributed by atoms with Gasteiger partial charge in [-0.3, -0.25) is 0 Å². The highest BCUT2D eigenvalue weighted by Crippen LogP contribution is 2.10. The quantitative estimate of drug-likeness (QED) is 0.601. The summed E-state index contributed by atoms with van der Waals surface area (Å²) in [6, 6.07) is 0.176. The van der Waals surface area contributed by atoms with Crippen LogP contribution in [-0.4, -0.2) is 21.1 Å². The molecule has 0 saturated heterocycles. The lowest BCUT2D eigenvalue weighted by atomic mass is 10.2. The van der Waals surface area contributed by atoms with Crippen LogP contribution in [0.2, 0.25) is 0 Å². The molecule has 0 amide bonds. The van der Waals surface area contributed by atoms with E-state index < -0.39 is 0 Å². The van der Waals surface area contributed by atoms with Gasteiger partial charge in [0.15, 0.2) is 0 Å². The molecule has 0 saturated carbocycles. The summed E-state index contributed by atoms with van der Waals surface area (Å²) >= 11 is 0. The highest BCUT2D eigenvalue weighted by atomic mass is 16.1. The van der Waals surface area contributed by atoms with Crippen molar-refractivity contribution in [2.45, 2.75) is 25.8 Å².